The van der Waals surface area contributed by atoms with Crippen LogP contribution in [0, 0.1) is 11.7 Å². The Balaban J connectivity index is 1.74. The monoisotopic (exact) mass is 389 g/mol. The number of amides is 4. The highest BCUT2D eigenvalue weighted by molar-refractivity contribution is 6.09. The van der Waals surface area contributed by atoms with Crippen molar-refractivity contribution in [2.75, 3.05) is 13.6 Å². The third-order valence-electron chi connectivity index (χ3n) is 6.26. The third kappa shape index (κ3) is 3.62. The molecule has 1 aromatic carbocycles. The Morgan fingerprint density at radius 3 is 2.39 bits per heavy atom. The van der Waals surface area contributed by atoms with Crippen LogP contribution in [0.5, 0.6) is 0 Å². The number of carbonyl (C=O) groups excluding carboxylic acids is 3. The summed E-state index contributed by atoms with van der Waals surface area (Å²) in [5, 5.41) is 2.73. The molecule has 2 fully saturated rings. The molecule has 2 aliphatic rings. The minimum absolute atomic E-state index is 0.150. The molecule has 4 amide bonds. The number of likely N-dealkylation sites (N-methyl/N-ethyl adjacent to an activating group) is 1. The van der Waals surface area contributed by atoms with Crippen LogP contribution < -0.4 is 5.32 Å². The van der Waals surface area contributed by atoms with Crippen molar-refractivity contribution < 1.29 is 18.8 Å². The SMILES string of the molecule is CC[C@]1(c2ccc(F)cc2)NC(=O)N(CC(=O)N(C)C2CCC(C)CC2)C1=O. The molecule has 1 aliphatic heterocycles. The number of hydrogen-bond donors (Lipinski definition) is 1. The molecular weight excluding hydrogens is 361 g/mol. The number of carbonyl (C=O) groups is 3. The lowest BCUT2D eigenvalue weighted by atomic mass is 9.86. The van der Waals surface area contributed by atoms with Crippen molar-refractivity contribution in [1.29, 1.82) is 0 Å². The summed E-state index contributed by atoms with van der Waals surface area (Å²) in [4.78, 5) is 41.0. The van der Waals surface area contributed by atoms with Crippen LogP contribution in [0.1, 0.15) is 51.5 Å². The maximum atomic E-state index is 13.3. The predicted octanol–water partition coefficient (Wildman–Crippen LogP) is 3.02. The van der Waals surface area contributed by atoms with Crippen LogP contribution in [0.3, 0.4) is 0 Å². The fourth-order valence-corrected chi connectivity index (χ4v) is 4.22. The summed E-state index contributed by atoms with van der Waals surface area (Å²) in [5.41, 5.74) is -0.747. The Morgan fingerprint density at radius 1 is 1.21 bits per heavy atom. The number of benzene rings is 1. The van der Waals surface area contributed by atoms with E-state index < -0.39 is 23.3 Å². The van der Waals surface area contributed by atoms with Crippen molar-refractivity contribution >= 4 is 17.8 Å². The molecule has 1 aliphatic carbocycles. The van der Waals surface area contributed by atoms with Gasteiger partial charge in [0, 0.05) is 13.1 Å². The highest BCUT2D eigenvalue weighted by atomic mass is 19.1. The fraction of sp³-hybridized carbons (Fsp3) is 0.571. The van der Waals surface area contributed by atoms with E-state index in [9.17, 15) is 18.8 Å². The van der Waals surface area contributed by atoms with Crippen LogP contribution in [0.4, 0.5) is 9.18 Å². The fourth-order valence-electron chi connectivity index (χ4n) is 4.22. The number of nitrogens with zero attached hydrogens (tertiary/aromatic N) is 2. The predicted molar refractivity (Wildman–Crippen MR) is 103 cm³/mol. The van der Waals surface area contributed by atoms with Gasteiger partial charge in [-0.1, -0.05) is 26.0 Å². The van der Waals surface area contributed by atoms with Gasteiger partial charge in [-0.15, -0.1) is 0 Å². The Hall–Kier alpha value is -2.44. The summed E-state index contributed by atoms with van der Waals surface area (Å²) >= 11 is 0. The van der Waals surface area contributed by atoms with Crippen molar-refractivity contribution in [2.45, 2.75) is 57.5 Å². The topological polar surface area (TPSA) is 69.7 Å². The standard InChI is InChI=1S/C21H28FN3O3/c1-4-21(15-7-9-16(22)10-8-15)19(27)25(20(28)23-21)13-18(26)24(3)17-11-5-14(2)6-12-17/h7-10,14,17H,4-6,11-13H2,1-3H3,(H,23,28)/t14?,17?,21-/m1/s1. The normalized spacial score (nSPS) is 27.6. The largest absolute Gasteiger partial charge is 0.341 e. The molecule has 1 saturated carbocycles. The second kappa shape index (κ2) is 7.89. The second-order valence-corrected chi connectivity index (χ2v) is 8.01. The van der Waals surface area contributed by atoms with Crippen LogP contribution in [0.2, 0.25) is 0 Å². The molecule has 28 heavy (non-hydrogen) atoms. The lowest BCUT2D eigenvalue weighted by molar-refractivity contribution is -0.140. The minimum Gasteiger partial charge on any atom is -0.341 e. The number of hydrogen-bond acceptors (Lipinski definition) is 3. The molecule has 1 aromatic rings. The molecule has 6 nitrogen and oxygen atoms in total. The summed E-state index contributed by atoms with van der Waals surface area (Å²) in [6.07, 6.45) is 4.35. The molecule has 3 rings (SSSR count). The van der Waals surface area contributed by atoms with E-state index >= 15 is 0 Å². The zero-order valence-corrected chi connectivity index (χ0v) is 16.7. The van der Waals surface area contributed by atoms with Gasteiger partial charge in [-0.2, -0.15) is 0 Å². The van der Waals surface area contributed by atoms with Crippen LogP contribution in [-0.2, 0) is 15.1 Å². The van der Waals surface area contributed by atoms with Gasteiger partial charge in [-0.05, 0) is 55.7 Å². The molecule has 1 N–H and O–H groups in total. The van der Waals surface area contributed by atoms with E-state index in [0.717, 1.165) is 30.6 Å². The molecular formula is C21H28FN3O3. The van der Waals surface area contributed by atoms with Gasteiger partial charge in [0.25, 0.3) is 5.91 Å². The Kier molecular flexibility index (Phi) is 5.72. The molecule has 152 valence electrons. The van der Waals surface area contributed by atoms with Gasteiger partial charge in [0.2, 0.25) is 5.91 Å². The first-order chi connectivity index (χ1) is 13.3. The average molecular weight is 389 g/mol. The summed E-state index contributed by atoms with van der Waals surface area (Å²) in [6, 6.07) is 5.08. The van der Waals surface area contributed by atoms with E-state index in [1.54, 1.807) is 18.9 Å². The number of urea groups is 1. The number of imide groups is 1. The first kappa shape index (κ1) is 20.3. The molecule has 0 aromatic heterocycles. The maximum Gasteiger partial charge on any atom is 0.325 e. The van der Waals surface area contributed by atoms with Crippen LogP contribution in [-0.4, -0.2) is 47.3 Å². The van der Waals surface area contributed by atoms with E-state index in [-0.39, 0.29) is 18.5 Å². The molecule has 1 heterocycles. The van der Waals surface area contributed by atoms with Crippen LogP contribution in [0.15, 0.2) is 24.3 Å². The number of halogens is 1. The lowest BCUT2D eigenvalue weighted by Crippen LogP contribution is -2.47. The van der Waals surface area contributed by atoms with Crippen molar-refractivity contribution in [3.05, 3.63) is 35.6 Å². The zero-order valence-electron chi connectivity index (χ0n) is 16.7. The molecule has 7 heteroatoms. The highest BCUT2D eigenvalue weighted by Crippen LogP contribution is 2.33. The van der Waals surface area contributed by atoms with Gasteiger partial charge in [-0.3, -0.25) is 14.5 Å². The van der Waals surface area contributed by atoms with Gasteiger partial charge in [0.15, 0.2) is 0 Å². The molecule has 0 radical (unpaired) electrons. The third-order valence-corrected chi connectivity index (χ3v) is 6.26. The summed E-state index contributed by atoms with van der Waals surface area (Å²) in [5.74, 6) is -0.450. The summed E-state index contributed by atoms with van der Waals surface area (Å²) in [6.45, 7) is 3.71. The maximum absolute atomic E-state index is 13.3. The molecule has 0 bridgehead atoms. The van der Waals surface area contributed by atoms with E-state index in [1.165, 1.54) is 24.3 Å². The summed E-state index contributed by atoms with van der Waals surface area (Å²) in [7, 11) is 1.74. The van der Waals surface area contributed by atoms with Gasteiger partial charge >= 0.3 is 6.03 Å². The average Bonchev–Trinajstić information content (AvgIpc) is 2.93. The van der Waals surface area contributed by atoms with Crippen molar-refractivity contribution in [3.8, 4) is 0 Å². The molecule has 1 atom stereocenters. The minimum atomic E-state index is -1.26. The van der Waals surface area contributed by atoms with E-state index in [1.807, 2.05) is 0 Å². The highest BCUT2D eigenvalue weighted by Gasteiger charge is 2.51. The van der Waals surface area contributed by atoms with E-state index in [4.69, 9.17) is 0 Å². The zero-order chi connectivity index (χ0) is 20.5. The second-order valence-electron chi connectivity index (χ2n) is 8.01. The number of rotatable bonds is 5. The van der Waals surface area contributed by atoms with Gasteiger partial charge in [0.05, 0.1) is 0 Å². The molecule has 0 unspecified atom stereocenters. The van der Waals surface area contributed by atoms with Crippen LogP contribution >= 0.6 is 0 Å². The van der Waals surface area contributed by atoms with Gasteiger partial charge < -0.3 is 10.2 Å². The summed E-state index contributed by atoms with van der Waals surface area (Å²) < 4.78 is 13.3. The van der Waals surface area contributed by atoms with Crippen molar-refractivity contribution in [3.63, 3.8) is 0 Å². The number of nitrogens with one attached hydrogen (secondary N) is 1. The van der Waals surface area contributed by atoms with Crippen molar-refractivity contribution in [1.82, 2.24) is 15.1 Å². The Morgan fingerprint density at radius 2 is 1.82 bits per heavy atom. The van der Waals surface area contributed by atoms with Gasteiger partial charge in [0.1, 0.15) is 17.9 Å². The first-order valence-electron chi connectivity index (χ1n) is 9.94. The van der Waals surface area contributed by atoms with E-state index in [0.29, 0.717) is 17.9 Å². The quantitative estimate of drug-likeness (QED) is 0.787. The first-order valence-corrected chi connectivity index (χ1v) is 9.94. The molecule has 0 spiro atoms. The van der Waals surface area contributed by atoms with Gasteiger partial charge in [-0.25, -0.2) is 9.18 Å². The molecule has 1 saturated heterocycles. The Labute approximate surface area is 165 Å². The lowest BCUT2D eigenvalue weighted by Gasteiger charge is -2.34. The smallest absolute Gasteiger partial charge is 0.325 e. The van der Waals surface area contributed by atoms with Crippen molar-refractivity contribution in [2.24, 2.45) is 5.92 Å². The van der Waals surface area contributed by atoms with E-state index in [2.05, 4.69) is 12.2 Å². The van der Waals surface area contributed by atoms with Crippen LogP contribution in [0.25, 0.3) is 0 Å². The Bertz CT molecular complexity index is 759.